The Labute approximate surface area is 72.9 Å². The number of carboxylic acid groups (broad SMARTS) is 1. The van der Waals surface area contributed by atoms with Crippen LogP contribution in [0, 0.1) is 6.92 Å². The van der Waals surface area contributed by atoms with Crippen molar-refractivity contribution in [3.05, 3.63) is 42.8 Å². The summed E-state index contributed by atoms with van der Waals surface area (Å²) in [6, 6.07) is 10.2. The Hall–Kier alpha value is -1.31. The van der Waals surface area contributed by atoms with E-state index in [0.717, 1.165) is 13.3 Å². The standard InChI is InChI=1S/C8H9.C2H4O2/c1-2-8-6-4-3-5-7-8;1-2(3)4/h3-7H,1-2H2;1H3,(H,3,4). The van der Waals surface area contributed by atoms with Crippen LogP contribution in [0.25, 0.3) is 0 Å². The van der Waals surface area contributed by atoms with Gasteiger partial charge < -0.3 is 5.11 Å². The van der Waals surface area contributed by atoms with Crippen molar-refractivity contribution < 1.29 is 9.90 Å². The van der Waals surface area contributed by atoms with Crippen molar-refractivity contribution in [2.24, 2.45) is 0 Å². The number of carbonyl (C=O) groups is 1. The van der Waals surface area contributed by atoms with E-state index in [1.807, 2.05) is 18.2 Å². The molecule has 2 heteroatoms. The Morgan fingerprint density at radius 2 is 1.83 bits per heavy atom. The van der Waals surface area contributed by atoms with E-state index < -0.39 is 5.97 Å². The van der Waals surface area contributed by atoms with Crippen molar-refractivity contribution in [3.63, 3.8) is 0 Å². The van der Waals surface area contributed by atoms with Gasteiger partial charge in [-0.05, 0) is 18.9 Å². The minimum Gasteiger partial charge on any atom is -0.481 e. The number of rotatable bonds is 1. The van der Waals surface area contributed by atoms with Crippen molar-refractivity contribution in [1.82, 2.24) is 0 Å². The highest BCUT2D eigenvalue weighted by atomic mass is 16.4. The van der Waals surface area contributed by atoms with Crippen LogP contribution in [0.5, 0.6) is 0 Å². The minimum absolute atomic E-state index is 0.833. The quantitative estimate of drug-likeness (QED) is 0.692. The number of hydrogen-bond donors (Lipinski definition) is 1. The van der Waals surface area contributed by atoms with Crippen molar-refractivity contribution in [1.29, 1.82) is 0 Å². The molecule has 1 aromatic carbocycles. The third kappa shape index (κ3) is 6.81. The van der Waals surface area contributed by atoms with Crippen LogP contribution in [-0.2, 0) is 11.2 Å². The molecule has 65 valence electrons. The molecule has 12 heavy (non-hydrogen) atoms. The highest BCUT2D eigenvalue weighted by Crippen LogP contribution is 1.96. The first-order chi connectivity index (χ1) is 5.66. The molecular weight excluding hydrogens is 152 g/mol. The molecule has 0 spiro atoms. The van der Waals surface area contributed by atoms with Crippen LogP contribution < -0.4 is 0 Å². The molecule has 0 heterocycles. The predicted molar refractivity (Wildman–Crippen MR) is 48.8 cm³/mol. The van der Waals surface area contributed by atoms with Crippen LogP contribution in [0.4, 0.5) is 0 Å². The van der Waals surface area contributed by atoms with Crippen LogP contribution in [0.3, 0.4) is 0 Å². The highest BCUT2D eigenvalue weighted by Gasteiger charge is 1.80. The van der Waals surface area contributed by atoms with Gasteiger partial charge in [-0.3, -0.25) is 4.79 Å². The summed E-state index contributed by atoms with van der Waals surface area (Å²) in [4.78, 5) is 9.00. The largest absolute Gasteiger partial charge is 0.481 e. The number of carboxylic acids is 1. The fourth-order valence-electron chi connectivity index (χ4n) is 0.645. The average molecular weight is 165 g/mol. The minimum atomic E-state index is -0.833. The molecule has 0 saturated heterocycles. The Morgan fingerprint density at radius 3 is 2.08 bits per heavy atom. The van der Waals surface area contributed by atoms with Crippen LogP contribution >= 0.6 is 0 Å². The van der Waals surface area contributed by atoms with Crippen LogP contribution in [0.1, 0.15) is 12.5 Å². The Morgan fingerprint density at radius 1 is 1.42 bits per heavy atom. The van der Waals surface area contributed by atoms with E-state index in [1.165, 1.54) is 5.56 Å². The van der Waals surface area contributed by atoms with Gasteiger partial charge in [-0.1, -0.05) is 30.3 Å². The fourth-order valence-corrected chi connectivity index (χ4v) is 0.645. The maximum atomic E-state index is 9.00. The zero-order valence-electron chi connectivity index (χ0n) is 7.16. The molecule has 0 atom stereocenters. The van der Waals surface area contributed by atoms with E-state index in [4.69, 9.17) is 9.90 Å². The molecule has 0 unspecified atom stereocenters. The van der Waals surface area contributed by atoms with E-state index in [1.54, 1.807) is 0 Å². The van der Waals surface area contributed by atoms with Gasteiger partial charge in [0.1, 0.15) is 0 Å². The summed E-state index contributed by atoms with van der Waals surface area (Å²) in [5.74, 6) is -0.833. The van der Waals surface area contributed by atoms with E-state index >= 15 is 0 Å². The topological polar surface area (TPSA) is 37.3 Å². The maximum Gasteiger partial charge on any atom is 0.300 e. The summed E-state index contributed by atoms with van der Waals surface area (Å²) in [7, 11) is 0. The zero-order valence-corrected chi connectivity index (χ0v) is 7.16. The summed E-state index contributed by atoms with van der Waals surface area (Å²) in [5, 5.41) is 7.42. The molecule has 0 aromatic heterocycles. The number of hydrogen-bond acceptors (Lipinski definition) is 1. The highest BCUT2D eigenvalue weighted by molar-refractivity contribution is 5.62. The van der Waals surface area contributed by atoms with Crippen LogP contribution in [0.15, 0.2) is 30.3 Å². The number of aliphatic carboxylic acids is 1. The lowest BCUT2D eigenvalue weighted by molar-refractivity contribution is -0.134. The van der Waals surface area contributed by atoms with E-state index in [2.05, 4.69) is 19.1 Å². The predicted octanol–water partition coefficient (Wildman–Crippen LogP) is 2.15. The Kier molecular flexibility index (Phi) is 5.70. The molecular formula is C10H13O2. The molecule has 1 N–H and O–H groups in total. The molecule has 0 fully saturated rings. The summed E-state index contributed by atoms with van der Waals surface area (Å²) in [6.45, 7) is 4.84. The second-order valence-corrected chi connectivity index (χ2v) is 2.25. The molecule has 1 rings (SSSR count). The number of benzene rings is 1. The molecule has 1 radical (unpaired) electrons. The molecule has 1 aromatic rings. The fraction of sp³-hybridized carbons (Fsp3) is 0.200. The molecule has 0 saturated carbocycles. The summed E-state index contributed by atoms with van der Waals surface area (Å²) in [6.07, 6.45) is 0.890. The second-order valence-electron chi connectivity index (χ2n) is 2.25. The summed E-state index contributed by atoms with van der Waals surface area (Å²) in [5.41, 5.74) is 1.30. The second kappa shape index (κ2) is 6.40. The molecule has 0 amide bonds. The van der Waals surface area contributed by atoms with E-state index in [0.29, 0.717) is 0 Å². The molecule has 0 bridgehead atoms. The first-order valence-corrected chi connectivity index (χ1v) is 3.69. The van der Waals surface area contributed by atoms with Gasteiger partial charge in [0.25, 0.3) is 5.97 Å². The lowest BCUT2D eigenvalue weighted by atomic mass is 10.2. The summed E-state index contributed by atoms with van der Waals surface area (Å²) >= 11 is 0. The van der Waals surface area contributed by atoms with Gasteiger partial charge >= 0.3 is 0 Å². The Bertz CT molecular complexity index is 213. The molecule has 0 aliphatic heterocycles. The van der Waals surface area contributed by atoms with Gasteiger partial charge in [-0.15, -0.1) is 0 Å². The lowest BCUT2D eigenvalue weighted by Gasteiger charge is -1.89. The molecule has 0 aliphatic rings. The van der Waals surface area contributed by atoms with Crippen molar-refractivity contribution in [3.8, 4) is 0 Å². The van der Waals surface area contributed by atoms with Gasteiger partial charge in [0.2, 0.25) is 0 Å². The van der Waals surface area contributed by atoms with Crippen LogP contribution in [-0.4, -0.2) is 11.1 Å². The van der Waals surface area contributed by atoms with Gasteiger partial charge in [0, 0.05) is 6.92 Å². The van der Waals surface area contributed by atoms with Gasteiger partial charge in [-0.25, -0.2) is 0 Å². The summed E-state index contributed by atoms with van der Waals surface area (Å²) < 4.78 is 0. The van der Waals surface area contributed by atoms with E-state index in [-0.39, 0.29) is 0 Å². The third-order valence-electron chi connectivity index (χ3n) is 1.13. The lowest BCUT2D eigenvalue weighted by Crippen LogP contribution is -1.78. The van der Waals surface area contributed by atoms with Crippen molar-refractivity contribution in [2.45, 2.75) is 13.3 Å². The van der Waals surface area contributed by atoms with Gasteiger partial charge in [-0.2, -0.15) is 0 Å². The maximum absolute atomic E-state index is 9.00. The smallest absolute Gasteiger partial charge is 0.300 e. The average Bonchev–Trinajstić information content (AvgIpc) is 2.05. The monoisotopic (exact) mass is 165 g/mol. The van der Waals surface area contributed by atoms with E-state index in [9.17, 15) is 0 Å². The molecule has 2 nitrogen and oxygen atoms in total. The first kappa shape index (κ1) is 10.7. The van der Waals surface area contributed by atoms with Crippen molar-refractivity contribution >= 4 is 5.97 Å². The first-order valence-electron chi connectivity index (χ1n) is 3.69. The Balaban J connectivity index is 0.000000261. The third-order valence-corrected chi connectivity index (χ3v) is 1.13. The van der Waals surface area contributed by atoms with Crippen molar-refractivity contribution in [2.75, 3.05) is 0 Å². The zero-order chi connectivity index (χ0) is 9.40. The van der Waals surface area contributed by atoms with Crippen LogP contribution in [0.2, 0.25) is 0 Å². The SMILES string of the molecule is CC(=O)O.[CH2]Cc1ccccc1. The normalized spacial score (nSPS) is 8.17. The van der Waals surface area contributed by atoms with Gasteiger partial charge in [0.05, 0.1) is 0 Å². The van der Waals surface area contributed by atoms with Gasteiger partial charge in [0.15, 0.2) is 0 Å². The molecule has 0 aliphatic carbocycles.